The van der Waals surface area contributed by atoms with E-state index < -0.39 is 0 Å². The average molecular weight is 364 g/mol. The summed E-state index contributed by atoms with van der Waals surface area (Å²) in [6.45, 7) is 0.659. The first kappa shape index (κ1) is 17.4. The van der Waals surface area contributed by atoms with E-state index in [9.17, 15) is 9.59 Å². The number of nitrogens with one attached hydrogen (secondary N) is 2. The van der Waals surface area contributed by atoms with Crippen LogP contribution < -0.4 is 21.3 Å². The number of hydrogen-bond acceptors (Lipinski definition) is 4. The normalized spacial score (nSPS) is 18.8. The van der Waals surface area contributed by atoms with Crippen LogP contribution in [-0.2, 0) is 11.2 Å². The minimum absolute atomic E-state index is 0.0158. The van der Waals surface area contributed by atoms with Crippen molar-refractivity contribution in [2.24, 2.45) is 0 Å². The number of nitrogens with two attached hydrogens (primary N) is 1. The van der Waals surface area contributed by atoms with Crippen molar-refractivity contribution in [2.75, 3.05) is 29.5 Å². The molecule has 6 heteroatoms. The van der Waals surface area contributed by atoms with Crippen LogP contribution in [0.4, 0.5) is 17.1 Å². The van der Waals surface area contributed by atoms with E-state index in [2.05, 4.69) is 10.6 Å². The second-order valence-electron chi connectivity index (χ2n) is 7.33. The number of aryl methyl sites for hydroxylation is 1. The van der Waals surface area contributed by atoms with Crippen LogP contribution in [0.1, 0.15) is 46.8 Å². The molecule has 1 aliphatic heterocycles. The smallest absolute Gasteiger partial charge is 0.251 e. The van der Waals surface area contributed by atoms with Crippen LogP contribution in [0.3, 0.4) is 0 Å². The maximum Gasteiger partial charge on any atom is 0.251 e. The first-order valence-corrected chi connectivity index (χ1v) is 9.35. The van der Waals surface area contributed by atoms with Gasteiger partial charge in [0, 0.05) is 31.3 Å². The summed E-state index contributed by atoms with van der Waals surface area (Å²) in [6, 6.07) is 11.4. The molecule has 4 N–H and O–H groups in total. The molecule has 27 heavy (non-hydrogen) atoms. The Balaban J connectivity index is 1.57. The van der Waals surface area contributed by atoms with Gasteiger partial charge in [0.15, 0.2) is 0 Å². The molecule has 0 aromatic heterocycles. The predicted octanol–water partition coefficient (Wildman–Crippen LogP) is 2.85. The van der Waals surface area contributed by atoms with Crippen LogP contribution in [0.2, 0.25) is 0 Å². The van der Waals surface area contributed by atoms with Crippen molar-refractivity contribution in [2.45, 2.75) is 31.7 Å². The lowest BCUT2D eigenvalue weighted by Crippen LogP contribution is -2.31. The van der Waals surface area contributed by atoms with Gasteiger partial charge in [-0.1, -0.05) is 6.07 Å². The Hall–Kier alpha value is -3.02. The zero-order valence-electron chi connectivity index (χ0n) is 15.4. The van der Waals surface area contributed by atoms with Crippen molar-refractivity contribution in [3.05, 3.63) is 53.1 Å². The Morgan fingerprint density at radius 2 is 2.07 bits per heavy atom. The van der Waals surface area contributed by atoms with E-state index in [4.69, 9.17) is 5.73 Å². The molecule has 1 aliphatic carbocycles. The molecule has 0 fully saturated rings. The number of carbonyl (C=O) groups is 2. The second kappa shape index (κ2) is 6.95. The highest BCUT2D eigenvalue weighted by Crippen LogP contribution is 2.32. The van der Waals surface area contributed by atoms with Crippen molar-refractivity contribution in [1.82, 2.24) is 5.32 Å². The Kier molecular flexibility index (Phi) is 4.48. The van der Waals surface area contributed by atoms with Crippen molar-refractivity contribution in [1.29, 1.82) is 0 Å². The third kappa shape index (κ3) is 3.47. The maximum atomic E-state index is 12.9. The third-order valence-electron chi connectivity index (χ3n) is 5.41. The number of anilines is 3. The van der Waals surface area contributed by atoms with Crippen LogP contribution in [0, 0.1) is 0 Å². The van der Waals surface area contributed by atoms with Gasteiger partial charge in [-0.2, -0.15) is 0 Å². The van der Waals surface area contributed by atoms with Crippen molar-refractivity contribution >= 4 is 28.9 Å². The zero-order chi connectivity index (χ0) is 19.0. The van der Waals surface area contributed by atoms with Gasteiger partial charge in [0.25, 0.3) is 5.91 Å². The molecule has 0 saturated carbocycles. The van der Waals surface area contributed by atoms with Gasteiger partial charge in [0.1, 0.15) is 0 Å². The summed E-state index contributed by atoms with van der Waals surface area (Å²) in [5, 5.41) is 6.05. The number of nitrogen functional groups attached to an aromatic ring is 1. The number of nitrogens with zero attached hydrogens (tertiary/aromatic N) is 1. The van der Waals surface area contributed by atoms with E-state index in [1.54, 1.807) is 6.07 Å². The Morgan fingerprint density at radius 3 is 2.93 bits per heavy atom. The van der Waals surface area contributed by atoms with Gasteiger partial charge >= 0.3 is 0 Å². The number of carbonyl (C=O) groups excluding carboxylic acids is 2. The minimum Gasteiger partial charge on any atom is -0.399 e. The van der Waals surface area contributed by atoms with E-state index in [0.717, 1.165) is 36.2 Å². The van der Waals surface area contributed by atoms with E-state index in [0.29, 0.717) is 24.2 Å². The highest BCUT2D eigenvalue weighted by atomic mass is 16.2. The average Bonchev–Trinajstić information content (AvgIpc) is 2.79. The molecule has 2 aromatic carbocycles. The number of amides is 2. The van der Waals surface area contributed by atoms with Crippen LogP contribution in [0.25, 0.3) is 0 Å². The summed E-state index contributed by atoms with van der Waals surface area (Å²) in [7, 11) is 1.95. The molecule has 1 atom stereocenters. The minimum atomic E-state index is -0.131. The Bertz CT molecular complexity index is 909. The monoisotopic (exact) mass is 364 g/mol. The van der Waals surface area contributed by atoms with E-state index in [-0.39, 0.29) is 17.9 Å². The molecular weight excluding hydrogens is 340 g/mol. The van der Waals surface area contributed by atoms with Gasteiger partial charge < -0.3 is 21.3 Å². The molecule has 0 radical (unpaired) electrons. The SMILES string of the molecule is CN1CCC(=O)Nc2cc(C(=O)NC3CCCc4cc(N)ccc43)ccc21. The van der Waals surface area contributed by atoms with Crippen molar-refractivity contribution in [3.63, 3.8) is 0 Å². The summed E-state index contributed by atoms with van der Waals surface area (Å²) in [4.78, 5) is 26.8. The molecule has 2 aromatic rings. The summed E-state index contributed by atoms with van der Waals surface area (Å²) in [5.41, 5.74) is 11.2. The lowest BCUT2D eigenvalue weighted by atomic mass is 9.87. The fraction of sp³-hybridized carbons (Fsp3) is 0.333. The molecule has 140 valence electrons. The predicted molar refractivity (Wildman–Crippen MR) is 107 cm³/mol. The molecule has 2 amide bonds. The second-order valence-corrected chi connectivity index (χ2v) is 7.33. The van der Waals surface area contributed by atoms with Gasteiger partial charge in [-0.15, -0.1) is 0 Å². The molecule has 0 spiro atoms. The van der Waals surface area contributed by atoms with Gasteiger partial charge in [0.05, 0.1) is 17.4 Å². The van der Waals surface area contributed by atoms with Gasteiger partial charge in [-0.05, 0) is 60.7 Å². The summed E-state index contributed by atoms with van der Waals surface area (Å²) in [6.07, 6.45) is 3.36. The highest BCUT2D eigenvalue weighted by molar-refractivity contribution is 6.01. The van der Waals surface area contributed by atoms with Gasteiger partial charge in [-0.25, -0.2) is 0 Å². The quantitative estimate of drug-likeness (QED) is 0.715. The molecule has 1 heterocycles. The molecule has 4 rings (SSSR count). The molecule has 0 bridgehead atoms. The fourth-order valence-electron chi connectivity index (χ4n) is 3.94. The Morgan fingerprint density at radius 1 is 1.22 bits per heavy atom. The zero-order valence-corrected chi connectivity index (χ0v) is 15.4. The third-order valence-corrected chi connectivity index (χ3v) is 5.41. The van der Waals surface area contributed by atoms with Crippen molar-refractivity contribution in [3.8, 4) is 0 Å². The molecule has 2 aliphatic rings. The lowest BCUT2D eigenvalue weighted by molar-refractivity contribution is -0.115. The van der Waals surface area contributed by atoms with Crippen LogP contribution >= 0.6 is 0 Å². The molecule has 0 saturated heterocycles. The Labute approximate surface area is 158 Å². The van der Waals surface area contributed by atoms with E-state index >= 15 is 0 Å². The largest absolute Gasteiger partial charge is 0.399 e. The number of hydrogen-bond donors (Lipinski definition) is 3. The molecule has 6 nitrogen and oxygen atoms in total. The van der Waals surface area contributed by atoms with Gasteiger partial charge in [0.2, 0.25) is 5.91 Å². The van der Waals surface area contributed by atoms with Crippen LogP contribution in [-0.4, -0.2) is 25.4 Å². The maximum absolute atomic E-state index is 12.9. The van der Waals surface area contributed by atoms with Crippen LogP contribution in [0.15, 0.2) is 36.4 Å². The van der Waals surface area contributed by atoms with Crippen molar-refractivity contribution < 1.29 is 9.59 Å². The van der Waals surface area contributed by atoms with E-state index in [1.165, 1.54) is 5.56 Å². The number of rotatable bonds is 2. The number of fused-ring (bicyclic) bond motifs is 2. The first-order chi connectivity index (χ1) is 13.0. The lowest BCUT2D eigenvalue weighted by Gasteiger charge is -2.27. The van der Waals surface area contributed by atoms with E-state index in [1.807, 2.05) is 42.3 Å². The molecule has 1 unspecified atom stereocenters. The van der Waals surface area contributed by atoms with Crippen LogP contribution in [0.5, 0.6) is 0 Å². The fourth-order valence-corrected chi connectivity index (χ4v) is 3.94. The summed E-state index contributed by atoms with van der Waals surface area (Å²) < 4.78 is 0. The first-order valence-electron chi connectivity index (χ1n) is 9.35. The summed E-state index contributed by atoms with van der Waals surface area (Å²) >= 11 is 0. The number of benzene rings is 2. The topological polar surface area (TPSA) is 87.5 Å². The summed E-state index contributed by atoms with van der Waals surface area (Å²) in [5.74, 6) is -0.162. The van der Waals surface area contributed by atoms with Gasteiger partial charge in [-0.3, -0.25) is 9.59 Å². The standard InChI is InChI=1S/C21H24N4O2/c1-25-10-9-20(26)23-18-12-14(5-8-19(18)25)21(27)24-17-4-2-3-13-11-15(22)6-7-16(13)17/h5-8,11-12,17H,2-4,9-10,22H2,1H3,(H,23,26)(H,24,27). The molecular formula is C21H24N4O2. The highest BCUT2D eigenvalue weighted by Gasteiger charge is 2.23.